The van der Waals surface area contributed by atoms with Crippen LogP contribution in [0.4, 0.5) is 5.69 Å². The fourth-order valence-corrected chi connectivity index (χ4v) is 3.70. The van der Waals surface area contributed by atoms with Gasteiger partial charge in [0.2, 0.25) is 0 Å². The molecule has 0 spiro atoms. The summed E-state index contributed by atoms with van der Waals surface area (Å²) in [6, 6.07) is 4.65. The highest BCUT2D eigenvalue weighted by atomic mass is 32.2. The molecular formula is C14H23N3S. The average molecular weight is 265 g/mol. The molecule has 0 aromatic carbocycles. The molecule has 3 atom stereocenters. The molecule has 0 radical (unpaired) electrons. The summed E-state index contributed by atoms with van der Waals surface area (Å²) in [7, 11) is 1.96. The summed E-state index contributed by atoms with van der Waals surface area (Å²) in [5, 5.41) is 4.61. The van der Waals surface area contributed by atoms with E-state index >= 15 is 0 Å². The molecule has 3 unspecified atom stereocenters. The lowest BCUT2D eigenvalue weighted by atomic mass is 10.2. The zero-order valence-electron chi connectivity index (χ0n) is 11.7. The fraction of sp³-hybridized carbons (Fsp3) is 0.643. The van der Waals surface area contributed by atoms with Gasteiger partial charge in [-0.2, -0.15) is 11.8 Å². The molecule has 1 aliphatic rings. The largest absolute Gasteiger partial charge is 0.368 e. The highest BCUT2D eigenvalue weighted by Gasteiger charge is 2.22. The van der Waals surface area contributed by atoms with Gasteiger partial charge in [-0.3, -0.25) is 4.98 Å². The number of nitrogens with zero attached hydrogens (tertiary/aromatic N) is 2. The maximum absolute atomic E-state index is 4.56. The summed E-state index contributed by atoms with van der Waals surface area (Å²) in [4.78, 5) is 7.01. The number of rotatable bonds is 3. The predicted molar refractivity (Wildman–Crippen MR) is 80.4 cm³/mol. The van der Waals surface area contributed by atoms with Gasteiger partial charge in [0, 0.05) is 29.6 Å². The third kappa shape index (κ3) is 3.18. The quantitative estimate of drug-likeness (QED) is 0.909. The Kier molecular flexibility index (Phi) is 4.51. The van der Waals surface area contributed by atoms with Crippen LogP contribution in [0.3, 0.4) is 0 Å². The standard InChI is InChI=1S/C14H23N3S/c1-10-8-17(9-11(2)18-10)13-5-6-14(16-7-13)12(3)15-4/h5-7,10-12,15H,8-9H2,1-4H3. The summed E-state index contributed by atoms with van der Waals surface area (Å²) in [5.41, 5.74) is 2.36. The van der Waals surface area contributed by atoms with Crippen LogP contribution in [0.15, 0.2) is 18.3 Å². The molecule has 18 heavy (non-hydrogen) atoms. The topological polar surface area (TPSA) is 28.2 Å². The Labute approximate surface area is 114 Å². The minimum Gasteiger partial charge on any atom is -0.368 e. The van der Waals surface area contributed by atoms with E-state index in [1.165, 1.54) is 5.69 Å². The SMILES string of the molecule is CNC(C)c1ccc(N2CC(C)SC(C)C2)cn1. The van der Waals surface area contributed by atoms with Crippen molar-refractivity contribution < 1.29 is 0 Å². The van der Waals surface area contributed by atoms with Crippen LogP contribution in [0.25, 0.3) is 0 Å². The Morgan fingerprint density at radius 3 is 2.50 bits per heavy atom. The van der Waals surface area contributed by atoms with E-state index in [0.29, 0.717) is 16.5 Å². The second kappa shape index (κ2) is 5.93. The van der Waals surface area contributed by atoms with Gasteiger partial charge in [-0.15, -0.1) is 0 Å². The number of aromatic nitrogens is 1. The lowest BCUT2D eigenvalue weighted by molar-refractivity contribution is 0.632. The van der Waals surface area contributed by atoms with Crippen LogP contribution in [-0.2, 0) is 0 Å². The van der Waals surface area contributed by atoms with Crippen molar-refractivity contribution in [1.82, 2.24) is 10.3 Å². The van der Waals surface area contributed by atoms with Gasteiger partial charge in [-0.05, 0) is 26.1 Å². The summed E-state index contributed by atoms with van der Waals surface area (Å²) in [6.45, 7) is 8.98. The number of thioether (sulfide) groups is 1. The zero-order valence-corrected chi connectivity index (χ0v) is 12.5. The van der Waals surface area contributed by atoms with Crippen LogP contribution in [-0.4, -0.2) is 35.6 Å². The van der Waals surface area contributed by atoms with Crippen molar-refractivity contribution in [2.24, 2.45) is 0 Å². The normalized spacial score (nSPS) is 26.1. The molecule has 2 rings (SSSR count). The maximum Gasteiger partial charge on any atom is 0.0571 e. The van der Waals surface area contributed by atoms with Crippen molar-refractivity contribution in [1.29, 1.82) is 0 Å². The second-order valence-corrected chi connectivity index (χ2v) is 7.00. The monoisotopic (exact) mass is 265 g/mol. The molecule has 2 heterocycles. The van der Waals surface area contributed by atoms with E-state index in [0.717, 1.165) is 18.8 Å². The third-order valence-electron chi connectivity index (χ3n) is 3.43. The van der Waals surface area contributed by atoms with Gasteiger partial charge in [0.05, 0.1) is 17.6 Å². The summed E-state index contributed by atoms with van der Waals surface area (Å²) in [6.07, 6.45) is 2.01. The molecule has 1 aliphatic heterocycles. The number of hydrogen-bond donors (Lipinski definition) is 1. The van der Waals surface area contributed by atoms with E-state index in [4.69, 9.17) is 0 Å². The minimum absolute atomic E-state index is 0.314. The Hall–Kier alpha value is -0.740. The average Bonchev–Trinajstić information content (AvgIpc) is 2.37. The molecular weight excluding hydrogens is 242 g/mol. The van der Waals surface area contributed by atoms with Gasteiger partial charge in [-0.25, -0.2) is 0 Å². The molecule has 0 saturated carbocycles. The minimum atomic E-state index is 0.314. The highest BCUT2D eigenvalue weighted by Crippen LogP contribution is 2.28. The van der Waals surface area contributed by atoms with Crippen LogP contribution >= 0.6 is 11.8 Å². The summed E-state index contributed by atoms with van der Waals surface area (Å²) in [5.74, 6) is 0. The molecule has 1 saturated heterocycles. The summed E-state index contributed by atoms with van der Waals surface area (Å²) >= 11 is 2.08. The Morgan fingerprint density at radius 2 is 2.00 bits per heavy atom. The molecule has 1 aromatic heterocycles. The van der Waals surface area contributed by atoms with Crippen LogP contribution in [0.2, 0.25) is 0 Å². The first-order valence-electron chi connectivity index (χ1n) is 6.63. The molecule has 1 aromatic rings. The number of nitrogens with one attached hydrogen (secondary N) is 1. The Morgan fingerprint density at radius 1 is 1.33 bits per heavy atom. The second-order valence-electron chi connectivity index (χ2n) is 5.11. The molecule has 1 fully saturated rings. The van der Waals surface area contributed by atoms with Gasteiger partial charge in [0.25, 0.3) is 0 Å². The smallest absolute Gasteiger partial charge is 0.0571 e. The molecule has 0 aliphatic carbocycles. The van der Waals surface area contributed by atoms with Crippen molar-refractivity contribution in [2.75, 3.05) is 25.0 Å². The van der Waals surface area contributed by atoms with E-state index in [-0.39, 0.29) is 0 Å². The van der Waals surface area contributed by atoms with Crippen LogP contribution < -0.4 is 10.2 Å². The number of pyridine rings is 1. The van der Waals surface area contributed by atoms with E-state index < -0.39 is 0 Å². The highest BCUT2D eigenvalue weighted by molar-refractivity contribution is 8.00. The van der Waals surface area contributed by atoms with Crippen molar-refractivity contribution in [3.05, 3.63) is 24.0 Å². The number of anilines is 1. The van der Waals surface area contributed by atoms with Gasteiger partial charge in [0.1, 0.15) is 0 Å². The van der Waals surface area contributed by atoms with Crippen LogP contribution in [0, 0.1) is 0 Å². The molecule has 100 valence electrons. The lowest BCUT2D eigenvalue weighted by Gasteiger charge is -2.36. The van der Waals surface area contributed by atoms with Crippen molar-refractivity contribution in [3.63, 3.8) is 0 Å². The van der Waals surface area contributed by atoms with Crippen molar-refractivity contribution in [3.8, 4) is 0 Å². The van der Waals surface area contributed by atoms with E-state index in [9.17, 15) is 0 Å². The van der Waals surface area contributed by atoms with Crippen LogP contribution in [0.1, 0.15) is 32.5 Å². The Bertz CT molecular complexity index is 369. The first-order valence-corrected chi connectivity index (χ1v) is 7.58. The molecule has 4 heteroatoms. The molecule has 0 bridgehead atoms. The summed E-state index contributed by atoms with van der Waals surface area (Å²) < 4.78 is 0. The van der Waals surface area contributed by atoms with Gasteiger partial charge >= 0.3 is 0 Å². The van der Waals surface area contributed by atoms with Crippen molar-refractivity contribution in [2.45, 2.75) is 37.3 Å². The third-order valence-corrected chi connectivity index (χ3v) is 4.66. The fourth-order valence-electron chi connectivity index (χ4n) is 2.38. The zero-order chi connectivity index (χ0) is 13.1. The first kappa shape index (κ1) is 13.7. The van der Waals surface area contributed by atoms with Gasteiger partial charge < -0.3 is 10.2 Å². The molecule has 3 nitrogen and oxygen atoms in total. The van der Waals surface area contributed by atoms with Crippen LogP contribution in [0.5, 0.6) is 0 Å². The predicted octanol–water partition coefficient (Wildman–Crippen LogP) is 2.69. The van der Waals surface area contributed by atoms with Gasteiger partial charge in [-0.1, -0.05) is 13.8 Å². The Balaban J connectivity index is 2.09. The van der Waals surface area contributed by atoms with E-state index in [1.54, 1.807) is 0 Å². The molecule has 0 amide bonds. The lowest BCUT2D eigenvalue weighted by Crippen LogP contribution is -2.40. The van der Waals surface area contributed by atoms with Gasteiger partial charge in [0.15, 0.2) is 0 Å². The van der Waals surface area contributed by atoms with E-state index in [1.807, 2.05) is 13.2 Å². The molecule has 1 N–H and O–H groups in total. The van der Waals surface area contributed by atoms with E-state index in [2.05, 4.69) is 59.9 Å². The van der Waals surface area contributed by atoms with Crippen molar-refractivity contribution >= 4 is 17.4 Å². The number of hydrogen-bond acceptors (Lipinski definition) is 4. The maximum atomic E-state index is 4.56. The first-order chi connectivity index (χ1) is 8.60.